The quantitative estimate of drug-likeness (QED) is 0.863. The highest BCUT2D eigenvalue weighted by Crippen LogP contribution is 2.28. The van der Waals surface area contributed by atoms with Gasteiger partial charge in [0.2, 0.25) is 0 Å². The van der Waals surface area contributed by atoms with Crippen molar-refractivity contribution < 1.29 is 4.74 Å². The van der Waals surface area contributed by atoms with Gasteiger partial charge in [0.15, 0.2) is 0 Å². The molecule has 0 aromatic heterocycles. The minimum atomic E-state index is -0.327. The molecule has 0 fully saturated rings. The fourth-order valence-electron chi connectivity index (χ4n) is 2.44. The Labute approximate surface area is 121 Å². The number of benzene rings is 2. The molecule has 1 atom stereocenters. The molecule has 20 heavy (non-hydrogen) atoms. The Hall–Kier alpha value is -1.80. The van der Waals surface area contributed by atoms with Crippen molar-refractivity contribution >= 4 is 0 Å². The Bertz CT molecular complexity index is 521. The second-order valence-corrected chi connectivity index (χ2v) is 5.13. The molecule has 2 aromatic carbocycles. The van der Waals surface area contributed by atoms with Crippen LogP contribution in [0.5, 0.6) is 5.75 Å². The van der Waals surface area contributed by atoms with E-state index in [0.717, 1.165) is 24.2 Å². The Morgan fingerprint density at radius 2 is 1.60 bits per heavy atom. The van der Waals surface area contributed by atoms with E-state index in [9.17, 15) is 0 Å². The van der Waals surface area contributed by atoms with Crippen LogP contribution in [0.3, 0.4) is 0 Å². The zero-order chi connectivity index (χ0) is 14.4. The van der Waals surface area contributed by atoms with Gasteiger partial charge in [0.05, 0.1) is 6.61 Å². The molecule has 0 amide bonds. The van der Waals surface area contributed by atoms with E-state index < -0.39 is 0 Å². The molecule has 0 saturated heterocycles. The second kappa shape index (κ2) is 6.58. The van der Waals surface area contributed by atoms with Gasteiger partial charge in [-0.3, -0.25) is 0 Å². The predicted octanol–water partition coefficient (Wildman–Crippen LogP) is 3.89. The summed E-state index contributed by atoms with van der Waals surface area (Å²) in [6, 6.07) is 18.6. The third-order valence-electron chi connectivity index (χ3n) is 3.73. The van der Waals surface area contributed by atoms with Gasteiger partial charge in [0, 0.05) is 5.54 Å². The molecule has 1 unspecified atom stereocenters. The summed E-state index contributed by atoms with van der Waals surface area (Å²) in [5.74, 6) is 0.898. The first-order valence-corrected chi connectivity index (χ1v) is 7.24. The minimum Gasteiger partial charge on any atom is -0.494 e. The van der Waals surface area contributed by atoms with Crippen molar-refractivity contribution in [3.63, 3.8) is 0 Å². The summed E-state index contributed by atoms with van der Waals surface area (Å²) >= 11 is 0. The minimum absolute atomic E-state index is 0.327. The SMILES string of the molecule is CCOc1ccc(C(N)(CC)Cc2ccccc2)cc1. The van der Waals surface area contributed by atoms with Gasteiger partial charge < -0.3 is 10.5 Å². The molecule has 2 rings (SSSR count). The molecular formula is C18H23NO. The van der Waals surface area contributed by atoms with Crippen molar-refractivity contribution in [3.8, 4) is 5.75 Å². The molecule has 0 heterocycles. The predicted molar refractivity (Wildman–Crippen MR) is 83.9 cm³/mol. The van der Waals surface area contributed by atoms with Crippen LogP contribution in [-0.4, -0.2) is 6.61 Å². The average molecular weight is 269 g/mol. The normalized spacial score (nSPS) is 13.8. The van der Waals surface area contributed by atoms with Crippen LogP contribution in [0, 0.1) is 0 Å². The first-order valence-electron chi connectivity index (χ1n) is 7.24. The van der Waals surface area contributed by atoms with Gasteiger partial charge in [-0.25, -0.2) is 0 Å². The molecular weight excluding hydrogens is 246 g/mol. The van der Waals surface area contributed by atoms with Crippen LogP contribution in [-0.2, 0) is 12.0 Å². The summed E-state index contributed by atoms with van der Waals surface area (Å²) in [5, 5.41) is 0. The molecule has 2 heteroatoms. The van der Waals surface area contributed by atoms with Crippen LogP contribution in [0.15, 0.2) is 54.6 Å². The number of hydrogen-bond donors (Lipinski definition) is 1. The number of ether oxygens (including phenoxy) is 1. The lowest BCUT2D eigenvalue weighted by Crippen LogP contribution is -2.38. The van der Waals surface area contributed by atoms with Crippen molar-refractivity contribution in [1.82, 2.24) is 0 Å². The Morgan fingerprint density at radius 3 is 2.15 bits per heavy atom. The zero-order valence-electron chi connectivity index (χ0n) is 12.3. The lowest BCUT2D eigenvalue weighted by molar-refractivity contribution is 0.339. The number of hydrogen-bond acceptors (Lipinski definition) is 2. The highest BCUT2D eigenvalue weighted by Gasteiger charge is 2.25. The van der Waals surface area contributed by atoms with E-state index in [1.807, 2.05) is 25.1 Å². The summed E-state index contributed by atoms with van der Waals surface area (Å²) < 4.78 is 5.48. The third-order valence-corrected chi connectivity index (χ3v) is 3.73. The van der Waals surface area contributed by atoms with Gasteiger partial charge in [-0.1, -0.05) is 49.4 Å². The number of nitrogens with two attached hydrogens (primary N) is 1. The summed E-state index contributed by atoms with van der Waals surface area (Å²) in [4.78, 5) is 0. The smallest absolute Gasteiger partial charge is 0.119 e. The topological polar surface area (TPSA) is 35.2 Å². The van der Waals surface area contributed by atoms with E-state index in [2.05, 4.69) is 43.3 Å². The maximum Gasteiger partial charge on any atom is 0.119 e. The Morgan fingerprint density at radius 1 is 0.950 bits per heavy atom. The van der Waals surface area contributed by atoms with Crippen molar-refractivity contribution in [2.75, 3.05) is 6.61 Å². The van der Waals surface area contributed by atoms with E-state index in [0.29, 0.717) is 6.61 Å². The third kappa shape index (κ3) is 3.40. The molecule has 0 aliphatic rings. The lowest BCUT2D eigenvalue weighted by Gasteiger charge is -2.29. The molecule has 2 aromatic rings. The summed E-state index contributed by atoms with van der Waals surface area (Å²) in [6.45, 7) is 4.81. The van der Waals surface area contributed by atoms with Crippen molar-refractivity contribution in [2.24, 2.45) is 5.73 Å². The van der Waals surface area contributed by atoms with Gasteiger partial charge in [-0.2, -0.15) is 0 Å². The molecule has 106 valence electrons. The van der Waals surface area contributed by atoms with Crippen LogP contribution >= 0.6 is 0 Å². The zero-order valence-corrected chi connectivity index (χ0v) is 12.3. The van der Waals surface area contributed by atoms with Crippen LogP contribution in [0.25, 0.3) is 0 Å². The monoisotopic (exact) mass is 269 g/mol. The highest BCUT2D eigenvalue weighted by atomic mass is 16.5. The van der Waals surface area contributed by atoms with E-state index in [-0.39, 0.29) is 5.54 Å². The van der Waals surface area contributed by atoms with Crippen molar-refractivity contribution in [1.29, 1.82) is 0 Å². The van der Waals surface area contributed by atoms with E-state index in [4.69, 9.17) is 10.5 Å². The van der Waals surface area contributed by atoms with Gasteiger partial charge in [0.1, 0.15) is 5.75 Å². The molecule has 2 nitrogen and oxygen atoms in total. The van der Waals surface area contributed by atoms with Crippen LogP contribution in [0.4, 0.5) is 0 Å². The van der Waals surface area contributed by atoms with Crippen molar-refractivity contribution in [3.05, 3.63) is 65.7 Å². The second-order valence-electron chi connectivity index (χ2n) is 5.13. The molecule has 0 radical (unpaired) electrons. The first-order chi connectivity index (χ1) is 9.68. The summed E-state index contributed by atoms with van der Waals surface area (Å²) in [7, 11) is 0. The lowest BCUT2D eigenvalue weighted by atomic mass is 9.82. The van der Waals surface area contributed by atoms with Crippen LogP contribution in [0.2, 0.25) is 0 Å². The van der Waals surface area contributed by atoms with Gasteiger partial charge >= 0.3 is 0 Å². The summed E-state index contributed by atoms with van der Waals surface area (Å²) in [5.41, 5.74) is 8.74. The van der Waals surface area contributed by atoms with Gasteiger partial charge in [-0.15, -0.1) is 0 Å². The first kappa shape index (κ1) is 14.6. The molecule has 0 saturated carbocycles. The van der Waals surface area contributed by atoms with E-state index in [1.54, 1.807) is 0 Å². The van der Waals surface area contributed by atoms with Crippen LogP contribution < -0.4 is 10.5 Å². The van der Waals surface area contributed by atoms with Crippen LogP contribution in [0.1, 0.15) is 31.4 Å². The molecule has 0 bridgehead atoms. The Kier molecular flexibility index (Phi) is 4.80. The maximum absolute atomic E-state index is 6.63. The van der Waals surface area contributed by atoms with E-state index >= 15 is 0 Å². The van der Waals surface area contributed by atoms with Crippen molar-refractivity contribution in [2.45, 2.75) is 32.2 Å². The molecule has 0 spiro atoms. The molecule has 2 N–H and O–H groups in total. The Balaban J connectivity index is 2.21. The standard InChI is InChI=1S/C18H23NO/c1-3-18(19,14-15-8-6-5-7-9-15)16-10-12-17(13-11-16)20-4-2/h5-13H,3-4,14,19H2,1-2H3. The fourth-order valence-corrected chi connectivity index (χ4v) is 2.44. The average Bonchev–Trinajstić information content (AvgIpc) is 2.49. The largest absolute Gasteiger partial charge is 0.494 e. The van der Waals surface area contributed by atoms with Gasteiger partial charge in [-0.05, 0) is 43.0 Å². The fraction of sp³-hybridized carbons (Fsp3) is 0.333. The number of rotatable bonds is 6. The molecule has 0 aliphatic carbocycles. The molecule has 0 aliphatic heterocycles. The van der Waals surface area contributed by atoms with Gasteiger partial charge in [0.25, 0.3) is 0 Å². The highest BCUT2D eigenvalue weighted by molar-refractivity contribution is 5.33. The van der Waals surface area contributed by atoms with E-state index in [1.165, 1.54) is 5.56 Å². The summed E-state index contributed by atoms with van der Waals surface area (Å²) in [6.07, 6.45) is 1.74. The maximum atomic E-state index is 6.63.